The monoisotopic (exact) mass is 572 g/mol. The molecule has 0 amide bonds. The van der Waals surface area contributed by atoms with Gasteiger partial charge in [0.2, 0.25) is 5.82 Å². The molecule has 1 aliphatic carbocycles. The number of pyridine rings is 1. The zero-order chi connectivity index (χ0) is 29.4. The van der Waals surface area contributed by atoms with Crippen molar-refractivity contribution in [2.75, 3.05) is 5.32 Å². The van der Waals surface area contributed by atoms with Gasteiger partial charge in [-0.1, -0.05) is 48.9 Å². The van der Waals surface area contributed by atoms with Gasteiger partial charge in [0.15, 0.2) is 17.3 Å². The molecular weight excluding hydrogens is 545 g/mol. The molecule has 0 radical (unpaired) electrons. The maximum Gasteiger partial charge on any atom is 0.416 e. The molecule has 11 heteroatoms. The van der Waals surface area contributed by atoms with E-state index in [1.165, 1.54) is 12.1 Å². The third kappa shape index (κ3) is 5.41. The van der Waals surface area contributed by atoms with E-state index < -0.39 is 23.5 Å². The summed E-state index contributed by atoms with van der Waals surface area (Å²) in [6.07, 6.45) is 0.450. The van der Waals surface area contributed by atoms with E-state index >= 15 is 0 Å². The molecule has 42 heavy (non-hydrogen) atoms. The average Bonchev–Trinajstić information content (AvgIpc) is 3.31. The van der Waals surface area contributed by atoms with Crippen molar-refractivity contribution in [2.45, 2.75) is 44.9 Å². The predicted octanol–water partition coefficient (Wildman–Crippen LogP) is 6.92. The van der Waals surface area contributed by atoms with Crippen molar-refractivity contribution in [3.63, 3.8) is 0 Å². The van der Waals surface area contributed by atoms with Gasteiger partial charge >= 0.3 is 12.1 Å². The summed E-state index contributed by atoms with van der Waals surface area (Å²) in [6, 6.07) is 18.4. The summed E-state index contributed by atoms with van der Waals surface area (Å²) in [6.45, 7) is 2.16. The Morgan fingerprint density at radius 2 is 1.76 bits per heavy atom. The van der Waals surface area contributed by atoms with Gasteiger partial charge in [0.05, 0.1) is 5.56 Å². The highest BCUT2D eigenvalue weighted by atomic mass is 19.4. The van der Waals surface area contributed by atoms with Crippen molar-refractivity contribution >= 4 is 23.0 Å². The van der Waals surface area contributed by atoms with Crippen molar-refractivity contribution in [3.8, 4) is 22.6 Å². The number of nitrogens with zero attached hydrogens (tertiary/aromatic N) is 5. The van der Waals surface area contributed by atoms with Crippen LogP contribution in [0.25, 0.3) is 33.8 Å². The number of carboxylic acid groups (broad SMARTS) is 1. The van der Waals surface area contributed by atoms with Crippen LogP contribution >= 0.6 is 0 Å². The lowest BCUT2D eigenvalue weighted by Crippen LogP contribution is -2.31. The first-order chi connectivity index (χ1) is 20.2. The van der Waals surface area contributed by atoms with Crippen LogP contribution in [-0.2, 0) is 12.7 Å². The van der Waals surface area contributed by atoms with Crippen LogP contribution in [0.4, 0.5) is 19.0 Å². The van der Waals surface area contributed by atoms with Gasteiger partial charge in [-0.3, -0.25) is 4.98 Å². The molecule has 8 nitrogen and oxygen atoms in total. The molecule has 6 rings (SSSR count). The number of halogens is 3. The van der Waals surface area contributed by atoms with Crippen LogP contribution in [0.2, 0.25) is 0 Å². The number of aromatic carboxylic acids is 1. The van der Waals surface area contributed by atoms with Crippen LogP contribution in [0.5, 0.6) is 0 Å². The van der Waals surface area contributed by atoms with E-state index in [1.54, 1.807) is 10.8 Å². The number of hydrogen-bond acceptors (Lipinski definition) is 6. The van der Waals surface area contributed by atoms with Crippen molar-refractivity contribution in [2.24, 2.45) is 5.92 Å². The number of imidazole rings is 1. The first-order valence-corrected chi connectivity index (χ1v) is 13.6. The summed E-state index contributed by atoms with van der Waals surface area (Å²) in [4.78, 5) is 29.8. The largest absolute Gasteiger partial charge is 0.475 e. The minimum Gasteiger partial charge on any atom is -0.475 e. The molecule has 3 aromatic heterocycles. The smallest absolute Gasteiger partial charge is 0.416 e. The number of fused-ring (bicyclic) bond motifs is 1. The number of rotatable bonds is 8. The third-order valence-electron chi connectivity index (χ3n) is 7.73. The highest BCUT2D eigenvalue weighted by molar-refractivity contribution is 5.92. The van der Waals surface area contributed by atoms with Crippen LogP contribution in [0.1, 0.15) is 47.9 Å². The normalized spacial score (nSPS) is 14.5. The lowest BCUT2D eigenvalue weighted by molar-refractivity contribution is -0.137. The number of anilines is 1. The Kier molecular flexibility index (Phi) is 7.09. The first kappa shape index (κ1) is 27.4. The first-order valence-electron chi connectivity index (χ1n) is 13.6. The molecule has 1 aliphatic rings. The van der Waals surface area contributed by atoms with Crippen molar-refractivity contribution in [3.05, 3.63) is 89.9 Å². The summed E-state index contributed by atoms with van der Waals surface area (Å²) in [7, 11) is 0. The Balaban J connectivity index is 1.53. The second-order valence-electron chi connectivity index (χ2n) is 10.5. The molecule has 0 spiro atoms. The molecule has 3 heterocycles. The van der Waals surface area contributed by atoms with Gasteiger partial charge in [0.25, 0.3) is 0 Å². The number of alkyl halides is 3. The van der Waals surface area contributed by atoms with Crippen LogP contribution in [-0.4, -0.2) is 41.6 Å². The number of carbonyl (C=O) groups is 1. The zero-order valence-electron chi connectivity index (χ0n) is 22.6. The SMILES string of the molecule is C[C@@H](Nc1nc(C(=O)O)nc2nc(-c3cc(-c4ccccc4)ccn3)n(Cc3ccc(C(F)(F)F)cc3)c12)C1CCC1. The molecule has 1 saturated carbocycles. The van der Waals surface area contributed by atoms with E-state index in [2.05, 4.69) is 20.3 Å². The Morgan fingerprint density at radius 1 is 1.02 bits per heavy atom. The third-order valence-corrected chi connectivity index (χ3v) is 7.73. The number of benzene rings is 2. The van der Waals surface area contributed by atoms with E-state index in [-0.39, 0.29) is 18.2 Å². The molecular formula is C31H27F3N6O2. The van der Waals surface area contributed by atoms with Gasteiger partial charge in [-0.2, -0.15) is 13.2 Å². The molecule has 1 fully saturated rings. The van der Waals surface area contributed by atoms with Crippen LogP contribution in [0.15, 0.2) is 72.9 Å². The number of hydrogen-bond donors (Lipinski definition) is 2. The standard InChI is InChI=1S/C31H27F3N6O2/c1-18(20-8-5-9-20)36-26-25-27(38-28(37-26)30(41)42)39-29(24-16-22(14-15-35-24)21-6-3-2-4-7-21)40(25)17-19-10-12-23(13-11-19)31(32,33)34/h2-4,6-7,10-16,18,20H,5,8-9,17H2,1H3,(H,41,42)(H,36,37,38)/t18-/m1/s1. The van der Waals surface area contributed by atoms with Crippen molar-refractivity contribution in [1.29, 1.82) is 0 Å². The second kappa shape index (κ2) is 10.9. The summed E-state index contributed by atoms with van der Waals surface area (Å²) < 4.78 is 41.5. The van der Waals surface area contributed by atoms with E-state index in [9.17, 15) is 23.1 Å². The number of aromatic nitrogens is 5. The Labute approximate surface area is 239 Å². The van der Waals surface area contributed by atoms with E-state index in [4.69, 9.17) is 4.98 Å². The van der Waals surface area contributed by atoms with Gasteiger partial charge in [-0.05, 0) is 66.6 Å². The molecule has 0 unspecified atom stereocenters. The summed E-state index contributed by atoms with van der Waals surface area (Å²) in [5, 5.41) is 13.2. The molecule has 1 atom stereocenters. The fourth-order valence-corrected chi connectivity index (χ4v) is 5.20. The Bertz CT molecular complexity index is 1750. The van der Waals surface area contributed by atoms with Crippen LogP contribution < -0.4 is 5.32 Å². The Hall–Kier alpha value is -4.80. The highest BCUT2D eigenvalue weighted by Gasteiger charge is 2.31. The van der Waals surface area contributed by atoms with E-state index in [1.807, 2.05) is 49.4 Å². The van der Waals surface area contributed by atoms with E-state index in [0.717, 1.165) is 42.5 Å². The van der Waals surface area contributed by atoms with E-state index in [0.29, 0.717) is 34.3 Å². The minimum absolute atomic E-state index is 0.0101. The molecule has 0 aliphatic heterocycles. The topological polar surface area (TPSA) is 106 Å². The van der Waals surface area contributed by atoms with Gasteiger partial charge in [0, 0.05) is 18.8 Å². The molecule has 0 saturated heterocycles. The lowest BCUT2D eigenvalue weighted by Gasteiger charge is -2.32. The van der Waals surface area contributed by atoms with Gasteiger partial charge in [0.1, 0.15) is 11.2 Å². The maximum atomic E-state index is 13.2. The number of carboxylic acids is 1. The maximum absolute atomic E-state index is 13.2. The van der Waals surface area contributed by atoms with Crippen molar-refractivity contribution in [1.82, 2.24) is 24.5 Å². The quantitative estimate of drug-likeness (QED) is 0.208. The molecule has 0 bridgehead atoms. The zero-order valence-corrected chi connectivity index (χ0v) is 22.6. The highest BCUT2D eigenvalue weighted by Crippen LogP contribution is 2.35. The fraction of sp³-hybridized carbons (Fsp3) is 0.258. The van der Waals surface area contributed by atoms with Crippen LogP contribution in [0, 0.1) is 5.92 Å². The van der Waals surface area contributed by atoms with Crippen molar-refractivity contribution < 1.29 is 23.1 Å². The second-order valence-corrected chi connectivity index (χ2v) is 10.5. The van der Waals surface area contributed by atoms with Crippen LogP contribution in [0.3, 0.4) is 0 Å². The Morgan fingerprint density at radius 3 is 2.40 bits per heavy atom. The summed E-state index contributed by atoms with van der Waals surface area (Å²) in [5.41, 5.74) is 2.80. The van der Waals surface area contributed by atoms with Gasteiger partial charge in [-0.25, -0.2) is 19.7 Å². The lowest BCUT2D eigenvalue weighted by atomic mass is 9.80. The summed E-state index contributed by atoms with van der Waals surface area (Å²) >= 11 is 0. The fourth-order valence-electron chi connectivity index (χ4n) is 5.20. The molecule has 5 aromatic rings. The average molecular weight is 573 g/mol. The van der Waals surface area contributed by atoms with Gasteiger partial charge < -0.3 is 15.0 Å². The van der Waals surface area contributed by atoms with Gasteiger partial charge in [-0.15, -0.1) is 0 Å². The minimum atomic E-state index is -4.46. The molecule has 2 aromatic carbocycles. The predicted molar refractivity (Wildman–Crippen MR) is 152 cm³/mol. The number of nitrogens with one attached hydrogen (secondary N) is 1. The molecule has 214 valence electrons. The summed E-state index contributed by atoms with van der Waals surface area (Å²) in [5.74, 6) is -0.583. The molecule has 2 N–H and O–H groups in total.